The highest BCUT2D eigenvalue weighted by Gasteiger charge is 2.04. The molecule has 2 aromatic heterocycles. The van der Waals surface area contributed by atoms with Gasteiger partial charge in [-0.3, -0.25) is 4.40 Å². The van der Waals surface area contributed by atoms with Gasteiger partial charge >= 0.3 is 0 Å². The molecule has 0 aliphatic heterocycles. The maximum absolute atomic E-state index is 5.62. The average molecular weight is 240 g/mol. The molecule has 90 valence electrons. The van der Waals surface area contributed by atoms with Crippen molar-refractivity contribution in [2.45, 2.75) is 6.54 Å². The van der Waals surface area contributed by atoms with E-state index in [-0.39, 0.29) is 0 Å². The number of rotatable bonds is 3. The molecule has 0 aliphatic rings. The molecule has 3 aromatic rings. The molecular weight excluding hydrogens is 228 g/mol. The van der Waals surface area contributed by atoms with Gasteiger partial charge in [0.15, 0.2) is 5.82 Å². The minimum atomic E-state index is 0.512. The molecule has 0 saturated carbocycles. The van der Waals surface area contributed by atoms with E-state index in [1.807, 2.05) is 28.7 Å². The number of fused-ring (bicyclic) bond motifs is 1. The Bertz CT molecular complexity index is 675. The van der Waals surface area contributed by atoms with Gasteiger partial charge in [-0.15, -0.1) is 10.2 Å². The first-order valence-corrected chi connectivity index (χ1v) is 5.57. The third-order valence-electron chi connectivity index (χ3n) is 2.64. The Kier molecular flexibility index (Phi) is 2.62. The summed E-state index contributed by atoms with van der Waals surface area (Å²) < 4.78 is 1.81. The SMILES string of the molecule is NCc1cccc(Nc2nccn3cnnc23)c1. The first-order valence-electron chi connectivity index (χ1n) is 5.57. The third kappa shape index (κ3) is 1.89. The first-order chi connectivity index (χ1) is 8.86. The number of nitrogens with two attached hydrogens (primary N) is 1. The van der Waals surface area contributed by atoms with Crippen molar-refractivity contribution in [3.63, 3.8) is 0 Å². The molecule has 3 rings (SSSR count). The topological polar surface area (TPSA) is 81.1 Å². The van der Waals surface area contributed by atoms with Gasteiger partial charge < -0.3 is 11.1 Å². The van der Waals surface area contributed by atoms with E-state index in [0.29, 0.717) is 18.0 Å². The van der Waals surface area contributed by atoms with Crippen LogP contribution in [0.2, 0.25) is 0 Å². The normalized spacial score (nSPS) is 10.7. The smallest absolute Gasteiger partial charge is 0.203 e. The number of hydrogen-bond donors (Lipinski definition) is 2. The third-order valence-corrected chi connectivity index (χ3v) is 2.64. The molecule has 0 atom stereocenters. The van der Waals surface area contributed by atoms with E-state index in [0.717, 1.165) is 11.3 Å². The molecule has 0 fully saturated rings. The Balaban J connectivity index is 1.98. The Morgan fingerprint density at radius 3 is 3.17 bits per heavy atom. The van der Waals surface area contributed by atoms with Crippen LogP contribution in [0.3, 0.4) is 0 Å². The van der Waals surface area contributed by atoms with Crippen LogP contribution in [0, 0.1) is 0 Å². The number of hydrogen-bond acceptors (Lipinski definition) is 5. The summed E-state index contributed by atoms with van der Waals surface area (Å²) in [5.74, 6) is 0.671. The molecule has 0 aliphatic carbocycles. The highest BCUT2D eigenvalue weighted by atomic mass is 15.2. The van der Waals surface area contributed by atoms with Gasteiger partial charge in [0.05, 0.1) is 0 Å². The van der Waals surface area contributed by atoms with Crippen LogP contribution in [-0.4, -0.2) is 19.6 Å². The Morgan fingerprint density at radius 2 is 2.28 bits per heavy atom. The van der Waals surface area contributed by atoms with Gasteiger partial charge in [0.25, 0.3) is 0 Å². The molecule has 2 heterocycles. The molecule has 6 heteroatoms. The van der Waals surface area contributed by atoms with Crippen molar-refractivity contribution in [1.82, 2.24) is 19.6 Å². The highest BCUT2D eigenvalue weighted by molar-refractivity contribution is 5.69. The van der Waals surface area contributed by atoms with E-state index in [9.17, 15) is 0 Å². The van der Waals surface area contributed by atoms with Crippen molar-refractivity contribution >= 4 is 17.2 Å². The van der Waals surface area contributed by atoms with E-state index in [1.54, 1.807) is 18.7 Å². The van der Waals surface area contributed by atoms with Crippen molar-refractivity contribution < 1.29 is 0 Å². The number of nitrogens with zero attached hydrogens (tertiary/aromatic N) is 4. The van der Waals surface area contributed by atoms with Gasteiger partial charge in [0, 0.05) is 24.6 Å². The van der Waals surface area contributed by atoms with Crippen LogP contribution in [0.4, 0.5) is 11.5 Å². The number of benzene rings is 1. The van der Waals surface area contributed by atoms with E-state index in [1.165, 1.54) is 0 Å². The zero-order valence-electron chi connectivity index (χ0n) is 9.61. The van der Waals surface area contributed by atoms with Gasteiger partial charge in [-0.25, -0.2) is 4.98 Å². The lowest BCUT2D eigenvalue weighted by atomic mass is 10.2. The highest BCUT2D eigenvalue weighted by Crippen LogP contribution is 2.18. The zero-order chi connectivity index (χ0) is 12.4. The molecule has 18 heavy (non-hydrogen) atoms. The Hall–Kier alpha value is -2.47. The first kappa shape index (κ1) is 10.7. The van der Waals surface area contributed by atoms with Gasteiger partial charge in [0.2, 0.25) is 5.65 Å². The molecule has 3 N–H and O–H groups in total. The fourth-order valence-corrected chi connectivity index (χ4v) is 1.76. The fourth-order valence-electron chi connectivity index (χ4n) is 1.76. The molecule has 0 spiro atoms. The molecular formula is C12H12N6. The maximum atomic E-state index is 5.62. The van der Waals surface area contributed by atoms with E-state index >= 15 is 0 Å². The van der Waals surface area contributed by atoms with E-state index in [2.05, 4.69) is 20.5 Å². The Morgan fingerprint density at radius 1 is 1.33 bits per heavy atom. The lowest BCUT2D eigenvalue weighted by Crippen LogP contribution is -2.00. The predicted octanol–water partition coefficient (Wildman–Crippen LogP) is 1.33. The molecule has 0 amide bonds. The number of nitrogens with one attached hydrogen (secondary N) is 1. The van der Waals surface area contributed by atoms with Gasteiger partial charge in [0.1, 0.15) is 6.33 Å². The maximum Gasteiger partial charge on any atom is 0.203 e. The predicted molar refractivity (Wildman–Crippen MR) is 68.4 cm³/mol. The number of anilines is 2. The van der Waals surface area contributed by atoms with Crippen molar-refractivity contribution in [3.8, 4) is 0 Å². The molecule has 0 unspecified atom stereocenters. The van der Waals surface area contributed by atoms with Gasteiger partial charge in [-0.1, -0.05) is 12.1 Å². The van der Waals surface area contributed by atoms with E-state index < -0.39 is 0 Å². The average Bonchev–Trinajstić information content (AvgIpc) is 2.88. The summed E-state index contributed by atoms with van der Waals surface area (Å²) in [6, 6.07) is 7.88. The van der Waals surface area contributed by atoms with Crippen LogP contribution in [-0.2, 0) is 6.54 Å². The van der Waals surface area contributed by atoms with Crippen molar-refractivity contribution in [3.05, 3.63) is 48.5 Å². The molecule has 0 saturated heterocycles. The van der Waals surface area contributed by atoms with Crippen molar-refractivity contribution in [1.29, 1.82) is 0 Å². The zero-order valence-corrected chi connectivity index (χ0v) is 9.61. The van der Waals surface area contributed by atoms with Crippen LogP contribution < -0.4 is 11.1 Å². The van der Waals surface area contributed by atoms with Crippen molar-refractivity contribution in [2.75, 3.05) is 5.32 Å². The standard InChI is InChI=1S/C12H12N6/c13-7-9-2-1-3-10(6-9)16-11-12-17-15-8-18(12)5-4-14-11/h1-6,8H,7,13H2,(H,14,16). The van der Waals surface area contributed by atoms with Crippen LogP contribution in [0.25, 0.3) is 5.65 Å². The Labute approximate surface area is 103 Å². The summed E-state index contributed by atoms with van der Waals surface area (Å²) in [7, 11) is 0. The largest absolute Gasteiger partial charge is 0.337 e. The van der Waals surface area contributed by atoms with Crippen LogP contribution in [0.5, 0.6) is 0 Å². The van der Waals surface area contributed by atoms with Gasteiger partial charge in [-0.05, 0) is 17.7 Å². The second-order valence-electron chi connectivity index (χ2n) is 3.87. The van der Waals surface area contributed by atoms with Crippen LogP contribution in [0.1, 0.15) is 5.56 Å². The van der Waals surface area contributed by atoms with Crippen LogP contribution in [0.15, 0.2) is 43.0 Å². The fraction of sp³-hybridized carbons (Fsp3) is 0.0833. The minimum absolute atomic E-state index is 0.512. The second kappa shape index (κ2) is 4.42. The second-order valence-corrected chi connectivity index (χ2v) is 3.87. The molecule has 1 aromatic carbocycles. The summed E-state index contributed by atoms with van der Waals surface area (Å²) >= 11 is 0. The van der Waals surface area contributed by atoms with Crippen LogP contribution >= 0.6 is 0 Å². The van der Waals surface area contributed by atoms with Crippen molar-refractivity contribution in [2.24, 2.45) is 5.73 Å². The van der Waals surface area contributed by atoms with E-state index in [4.69, 9.17) is 5.73 Å². The quantitative estimate of drug-likeness (QED) is 0.721. The minimum Gasteiger partial charge on any atom is -0.337 e. The summed E-state index contributed by atoms with van der Waals surface area (Å²) in [4.78, 5) is 4.26. The lowest BCUT2D eigenvalue weighted by Gasteiger charge is -2.07. The van der Waals surface area contributed by atoms with Gasteiger partial charge in [-0.2, -0.15) is 0 Å². The molecule has 6 nitrogen and oxygen atoms in total. The summed E-state index contributed by atoms with van der Waals surface area (Å²) in [6.07, 6.45) is 5.14. The summed E-state index contributed by atoms with van der Waals surface area (Å²) in [5, 5.41) is 11.1. The lowest BCUT2D eigenvalue weighted by molar-refractivity contribution is 1.07. The monoisotopic (exact) mass is 240 g/mol. The molecule has 0 bridgehead atoms. The summed E-state index contributed by atoms with van der Waals surface area (Å²) in [5.41, 5.74) is 8.30. The summed E-state index contributed by atoms with van der Waals surface area (Å²) in [6.45, 7) is 0.512. The molecule has 0 radical (unpaired) electrons. The number of aromatic nitrogens is 4.